The molecule has 37 heavy (non-hydrogen) atoms. The number of benzene rings is 1. The van der Waals surface area contributed by atoms with Gasteiger partial charge in [-0.15, -0.1) is 0 Å². The standard InChI is InChI=1S/C28H37N5O4/c1-19-5-3-6-22(20(19)2)21-9-11-30(12-10-21)25(35)17-33-24-8-4-7-23(24)27(29-33)28(37)32-15-13-31(14-16-32)26(36)18-34/h3,5-6,21,34H,4,7-18H2,1-2H3. The number of nitrogens with zero attached hydrogens (tertiary/aromatic N) is 5. The van der Waals surface area contributed by atoms with Crippen molar-refractivity contribution in [2.24, 2.45) is 0 Å². The quantitative estimate of drug-likeness (QED) is 0.664. The molecule has 1 aliphatic carbocycles. The number of hydrogen-bond donors (Lipinski definition) is 1. The summed E-state index contributed by atoms with van der Waals surface area (Å²) in [5.41, 5.74) is 6.52. The second-order valence-electron chi connectivity index (χ2n) is 10.6. The Labute approximate surface area is 218 Å². The molecule has 0 radical (unpaired) electrons. The number of piperidine rings is 1. The lowest BCUT2D eigenvalue weighted by atomic mass is 9.85. The van der Waals surface area contributed by atoms with Crippen molar-refractivity contribution in [3.05, 3.63) is 51.8 Å². The average molecular weight is 508 g/mol. The lowest BCUT2D eigenvalue weighted by molar-refractivity contribution is -0.135. The van der Waals surface area contributed by atoms with Gasteiger partial charge in [-0.25, -0.2) is 0 Å². The highest BCUT2D eigenvalue weighted by Gasteiger charge is 2.33. The zero-order valence-electron chi connectivity index (χ0n) is 21.9. The molecule has 1 aromatic heterocycles. The average Bonchev–Trinajstić information content (AvgIpc) is 3.53. The van der Waals surface area contributed by atoms with E-state index in [1.807, 2.05) is 4.90 Å². The van der Waals surface area contributed by atoms with Crippen LogP contribution in [0.2, 0.25) is 0 Å². The van der Waals surface area contributed by atoms with Crippen LogP contribution in [-0.2, 0) is 29.0 Å². The number of aromatic nitrogens is 2. The minimum absolute atomic E-state index is 0.0618. The highest BCUT2D eigenvalue weighted by Crippen LogP contribution is 2.32. The van der Waals surface area contributed by atoms with Gasteiger partial charge < -0.3 is 19.8 Å². The number of fused-ring (bicyclic) bond motifs is 1. The van der Waals surface area contributed by atoms with E-state index >= 15 is 0 Å². The summed E-state index contributed by atoms with van der Waals surface area (Å²) in [7, 11) is 0. The fourth-order valence-corrected chi connectivity index (χ4v) is 6.10. The summed E-state index contributed by atoms with van der Waals surface area (Å²) in [6.45, 7) is 7.12. The van der Waals surface area contributed by atoms with Crippen LogP contribution in [0, 0.1) is 13.8 Å². The highest BCUT2D eigenvalue weighted by molar-refractivity contribution is 5.94. The SMILES string of the molecule is Cc1cccc(C2CCN(C(=O)Cn3nc(C(=O)N4CCN(C(=O)CO)CC4)c4c3CCC4)CC2)c1C. The lowest BCUT2D eigenvalue weighted by Crippen LogP contribution is -2.51. The molecule has 9 nitrogen and oxygen atoms in total. The first-order valence-electron chi connectivity index (χ1n) is 13.5. The molecule has 0 saturated carbocycles. The molecule has 0 unspecified atom stereocenters. The third-order valence-electron chi connectivity index (χ3n) is 8.48. The molecule has 2 fully saturated rings. The van der Waals surface area contributed by atoms with Crippen molar-refractivity contribution in [1.29, 1.82) is 0 Å². The maximum atomic E-state index is 13.3. The van der Waals surface area contributed by atoms with Crippen LogP contribution in [0.4, 0.5) is 0 Å². The Kier molecular flexibility index (Phi) is 7.33. The molecule has 0 atom stereocenters. The molecule has 1 N–H and O–H groups in total. The van der Waals surface area contributed by atoms with Gasteiger partial charge in [0.1, 0.15) is 13.2 Å². The Balaban J connectivity index is 1.22. The number of likely N-dealkylation sites (tertiary alicyclic amines) is 1. The second-order valence-corrected chi connectivity index (χ2v) is 10.6. The maximum Gasteiger partial charge on any atom is 0.274 e. The third-order valence-corrected chi connectivity index (χ3v) is 8.48. The van der Waals surface area contributed by atoms with Gasteiger partial charge in [0.2, 0.25) is 11.8 Å². The molecule has 3 amide bonds. The Bertz CT molecular complexity index is 1190. The molecule has 2 aliphatic heterocycles. The van der Waals surface area contributed by atoms with Crippen LogP contribution in [-0.4, -0.2) is 93.2 Å². The normalized spacial score (nSPS) is 18.3. The molecule has 1 aromatic carbocycles. The first-order valence-corrected chi connectivity index (χ1v) is 13.5. The zero-order valence-corrected chi connectivity index (χ0v) is 21.9. The van der Waals surface area contributed by atoms with Crippen molar-refractivity contribution in [2.45, 2.75) is 58.4 Å². The Hall–Kier alpha value is -3.20. The van der Waals surface area contributed by atoms with E-state index in [1.54, 1.807) is 14.5 Å². The van der Waals surface area contributed by atoms with Crippen molar-refractivity contribution in [2.75, 3.05) is 45.9 Å². The van der Waals surface area contributed by atoms with Crippen molar-refractivity contribution < 1.29 is 19.5 Å². The van der Waals surface area contributed by atoms with Crippen molar-refractivity contribution in [3.63, 3.8) is 0 Å². The van der Waals surface area contributed by atoms with Gasteiger partial charge in [-0.05, 0) is 68.6 Å². The number of hydrogen-bond acceptors (Lipinski definition) is 5. The molecule has 3 heterocycles. The fraction of sp³-hybridized carbons (Fsp3) is 0.571. The topological polar surface area (TPSA) is 99.0 Å². The van der Waals surface area contributed by atoms with Crippen LogP contribution in [0.1, 0.15) is 63.6 Å². The molecule has 3 aliphatic rings. The molecule has 198 valence electrons. The van der Waals surface area contributed by atoms with Crippen LogP contribution >= 0.6 is 0 Å². The predicted octanol–water partition coefficient (Wildman–Crippen LogP) is 1.67. The van der Waals surface area contributed by atoms with Crippen LogP contribution in [0.5, 0.6) is 0 Å². The number of carbonyl (C=O) groups is 3. The van der Waals surface area contributed by atoms with E-state index in [1.165, 1.54) is 16.7 Å². The van der Waals surface area contributed by atoms with Crippen LogP contribution in [0.25, 0.3) is 0 Å². The van der Waals surface area contributed by atoms with Crippen LogP contribution in [0.15, 0.2) is 18.2 Å². The number of piperazine rings is 1. The minimum atomic E-state index is -0.511. The van der Waals surface area contributed by atoms with E-state index in [0.717, 1.165) is 56.5 Å². The maximum absolute atomic E-state index is 13.3. The van der Waals surface area contributed by atoms with Crippen LogP contribution in [0.3, 0.4) is 0 Å². The van der Waals surface area contributed by atoms with E-state index in [-0.39, 0.29) is 24.3 Å². The molecule has 0 bridgehead atoms. The number of amides is 3. The van der Waals surface area contributed by atoms with Gasteiger partial charge >= 0.3 is 0 Å². The third kappa shape index (κ3) is 5.01. The van der Waals surface area contributed by atoms with E-state index in [9.17, 15) is 14.4 Å². The monoisotopic (exact) mass is 507 g/mol. The largest absolute Gasteiger partial charge is 0.387 e. The van der Waals surface area contributed by atoms with E-state index in [0.29, 0.717) is 37.8 Å². The van der Waals surface area contributed by atoms with E-state index in [2.05, 4.69) is 37.1 Å². The zero-order chi connectivity index (χ0) is 26.1. The molecular formula is C28H37N5O4. The van der Waals surface area contributed by atoms with Gasteiger partial charge in [0.25, 0.3) is 5.91 Å². The minimum Gasteiger partial charge on any atom is -0.387 e. The molecular weight excluding hydrogens is 470 g/mol. The van der Waals surface area contributed by atoms with Gasteiger partial charge in [0.05, 0.1) is 0 Å². The Morgan fingerprint density at radius 3 is 2.30 bits per heavy atom. The number of aryl methyl sites for hydroxylation is 1. The van der Waals surface area contributed by atoms with Crippen molar-refractivity contribution in [1.82, 2.24) is 24.5 Å². The number of aliphatic hydroxyl groups is 1. The van der Waals surface area contributed by atoms with Crippen LogP contribution < -0.4 is 0 Å². The lowest BCUT2D eigenvalue weighted by Gasteiger charge is -2.34. The van der Waals surface area contributed by atoms with Gasteiger partial charge in [0, 0.05) is 50.5 Å². The number of aliphatic hydroxyl groups excluding tert-OH is 1. The van der Waals surface area contributed by atoms with Crippen molar-refractivity contribution in [3.8, 4) is 0 Å². The molecule has 2 aromatic rings. The summed E-state index contributed by atoms with van der Waals surface area (Å²) in [5, 5.41) is 13.7. The molecule has 9 heteroatoms. The Morgan fingerprint density at radius 1 is 0.919 bits per heavy atom. The van der Waals surface area contributed by atoms with Gasteiger partial charge in [-0.3, -0.25) is 19.1 Å². The van der Waals surface area contributed by atoms with E-state index in [4.69, 9.17) is 5.11 Å². The second kappa shape index (κ2) is 10.7. The summed E-state index contributed by atoms with van der Waals surface area (Å²) in [4.78, 5) is 43.6. The highest BCUT2D eigenvalue weighted by atomic mass is 16.3. The summed E-state index contributed by atoms with van der Waals surface area (Å²) < 4.78 is 1.76. The molecule has 5 rings (SSSR count). The van der Waals surface area contributed by atoms with Crippen molar-refractivity contribution >= 4 is 17.7 Å². The summed E-state index contributed by atoms with van der Waals surface area (Å²) >= 11 is 0. The molecule has 2 saturated heterocycles. The van der Waals surface area contributed by atoms with Gasteiger partial charge in [0.15, 0.2) is 5.69 Å². The number of carbonyl (C=O) groups excluding carboxylic acids is 3. The number of rotatable bonds is 5. The summed E-state index contributed by atoms with van der Waals surface area (Å²) in [6.07, 6.45) is 4.51. The predicted molar refractivity (Wildman–Crippen MR) is 138 cm³/mol. The Morgan fingerprint density at radius 2 is 1.59 bits per heavy atom. The smallest absolute Gasteiger partial charge is 0.274 e. The fourth-order valence-electron chi connectivity index (χ4n) is 6.10. The van der Waals surface area contributed by atoms with Gasteiger partial charge in [-0.1, -0.05) is 18.2 Å². The summed E-state index contributed by atoms with van der Waals surface area (Å²) in [6, 6.07) is 6.50. The van der Waals surface area contributed by atoms with E-state index < -0.39 is 6.61 Å². The summed E-state index contributed by atoms with van der Waals surface area (Å²) in [5.74, 6) is 0.102. The molecule has 0 spiro atoms. The first kappa shape index (κ1) is 25.4. The first-order chi connectivity index (χ1) is 17.9. The van der Waals surface area contributed by atoms with Gasteiger partial charge in [-0.2, -0.15) is 5.10 Å².